The van der Waals surface area contributed by atoms with Crippen molar-refractivity contribution in [1.29, 1.82) is 0 Å². The van der Waals surface area contributed by atoms with Gasteiger partial charge >= 0.3 is 12.1 Å². The van der Waals surface area contributed by atoms with Crippen LogP contribution in [0.25, 0.3) is 0 Å². The molecule has 7 heteroatoms. The minimum atomic E-state index is -1.16. The Hall–Kier alpha value is -2.31. The summed E-state index contributed by atoms with van der Waals surface area (Å²) in [6.07, 6.45) is 2.03. The zero-order valence-electron chi connectivity index (χ0n) is 8.40. The Morgan fingerprint density at radius 3 is 3.06 bits per heavy atom. The second-order valence-corrected chi connectivity index (χ2v) is 2.78. The summed E-state index contributed by atoms with van der Waals surface area (Å²) in [5.41, 5.74) is 0.187. The standard InChI is InChI=1S/C9H11N3O4/c1-2-3-16-9(15)10-4-6-7(8(13)14)12-5-11-6/h2,5H,1,3-4H2,(H,10,15)(H,11,12)(H,13,14). The van der Waals surface area contributed by atoms with Gasteiger partial charge in [-0.15, -0.1) is 0 Å². The first-order valence-corrected chi connectivity index (χ1v) is 4.42. The van der Waals surface area contributed by atoms with Gasteiger partial charge in [0.15, 0.2) is 5.69 Å². The van der Waals surface area contributed by atoms with E-state index in [0.29, 0.717) is 5.69 Å². The molecular formula is C9H11N3O4. The number of aromatic amines is 1. The SMILES string of the molecule is C=CCOC(=O)NCc1[nH]cnc1C(=O)O. The van der Waals surface area contributed by atoms with Gasteiger partial charge in [0.2, 0.25) is 0 Å². The number of nitrogens with zero attached hydrogens (tertiary/aromatic N) is 1. The number of carboxylic acids is 1. The number of aromatic carboxylic acids is 1. The van der Waals surface area contributed by atoms with Crippen LogP contribution < -0.4 is 5.32 Å². The summed E-state index contributed by atoms with van der Waals surface area (Å²) in [6.45, 7) is 3.49. The van der Waals surface area contributed by atoms with Gasteiger partial charge in [-0.05, 0) is 0 Å². The van der Waals surface area contributed by atoms with Crippen molar-refractivity contribution in [1.82, 2.24) is 15.3 Å². The molecule has 3 N–H and O–H groups in total. The number of carbonyl (C=O) groups is 2. The number of carbonyl (C=O) groups excluding carboxylic acids is 1. The molecule has 0 radical (unpaired) electrons. The molecule has 1 aromatic heterocycles. The second kappa shape index (κ2) is 5.54. The quantitative estimate of drug-likeness (QED) is 0.633. The van der Waals surface area contributed by atoms with Crippen molar-refractivity contribution in [3.63, 3.8) is 0 Å². The van der Waals surface area contributed by atoms with Gasteiger partial charge in [0.05, 0.1) is 18.6 Å². The Labute approximate surface area is 91.1 Å². The van der Waals surface area contributed by atoms with Gasteiger partial charge in [0.25, 0.3) is 0 Å². The van der Waals surface area contributed by atoms with Crippen LogP contribution in [0.1, 0.15) is 16.2 Å². The Kier molecular flexibility index (Phi) is 4.07. The first kappa shape index (κ1) is 11.8. The van der Waals surface area contributed by atoms with Crippen molar-refractivity contribution in [2.24, 2.45) is 0 Å². The lowest BCUT2D eigenvalue weighted by Gasteiger charge is -2.04. The summed E-state index contributed by atoms with van der Waals surface area (Å²) < 4.78 is 4.64. The number of carboxylic acid groups (broad SMARTS) is 1. The molecule has 0 saturated heterocycles. The zero-order chi connectivity index (χ0) is 12.0. The number of hydrogen-bond donors (Lipinski definition) is 3. The van der Waals surface area contributed by atoms with Crippen LogP contribution in [0, 0.1) is 0 Å². The number of alkyl carbamates (subject to hydrolysis) is 1. The number of H-pyrrole nitrogens is 1. The van der Waals surface area contributed by atoms with Crippen LogP contribution in [0.5, 0.6) is 0 Å². The van der Waals surface area contributed by atoms with E-state index in [0.717, 1.165) is 0 Å². The van der Waals surface area contributed by atoms with Crippen LogP contribution in [-0.2, 0) is 11.3 Å². The van der Waals surface area contributed by atoms with Gasteiger partial charge in [0, 0.05) is 0 Å². The number of hydrogen-bond acceptors (Lipinski definition) is 4. The summed E-state index contributed by atoms with van der Waals surface area (Å²) in [7, 11) is 0. The fourth-order valence-electron chi connectivity index (χ4n) is 0.986. The van der Waals surface area contributed by atoms with Crippen LogP contribution in [-0.4, -0.2) is 33.7 Å². The smallest absolute Gasteiger partial charge is 0.407 e. The lowest BCUT2D eigenvalue weighted by atomic mass is 10.3. The number of imidazole rings is 1. The van der Waals surface area contributed by atoms with Crippen molar-refractivity contribution in [2.45, 2.75) is 6.54 Å². The third kappa shape index (κ3) is 3.12. The highest BCUT2D eigenvalue weighted by molar-refractivity contribution is 5.86. The molecule has 1 heterocycles. The Balaban J connectivity index is 2.48. The third-order valence-corrected chi connectivity index (χ3v) is 1.66. The van der Waals surface area contributed by atoms with E-state index in [9.17, 15) is 9.59 Å². The molecule has 0 aliphatic rings. The summed E-state index contributed by atoms with van der Waals surface area (Å²) in [6, 6.07) is 0. The van der Waals surface area contributed by atoms with Crippen LogP contribution in [0.4, 0.5) is 4.79 Å². The average Bonchev–Trinajstić information content (AvgIpc) is 2.71. The molecule has 1 rings (SSSR count). The van der Waals surface area contributed by atoms with E-state index >= 15 is 0 Å². The molecule has 0 saturated carbocycles. The first-order chi connectivity index (χ1) is 7.65. The van der Waals surface area contributed by atoms with E-state index in [1.165, 1.54) is 12.4 Å². The van der Waals surface area contributed by atoms with Gasteiger partial charge in [-0.2, -0.15) is 0 Å². The zero-order valence-corrected chi connectivity index (χ0v) is 8.40. The molecule has 0 aliphatic heterocycles. The van der Waals surface area contributed by atoms with Crippen LogP contribution in [0.2, 0.25) is 0 Å². The molecule has 0 spiro atoms. The predicted octanol–water partition coefficient (Wildman–Crippen LogP) is 0.520. The highest BCUT2D eigenvalue weighted by Gasteiger charge is 2.13. The predicted molar refractivity (Wildman–Crippen MR) is 53.9 cm³/mol. The number of aromatic nitrogens is 2. The molecule has 1 aromatic rings. The molecule has 16 heavy (non-hydrogen) atoms. The van der Waals surface area contributed by atoms with Crippen molar-refractivity contribution in [2.75, 3.05) is 6.61 Å². The van der Waals surface area contributed by atoms with Gasteiger partial charge in [-0.3, -0.25) is 0 Å². The number of amides is 1. The topological polar surface area (TPSA) is 104 Å². The summed E-state index contributed by atoms with van der Waals surface area (Å²) in [5.74, 6) is -1.16. The van der Waals surface area contributed by atoms with E-state index < -0.39 is 12.1 Å². The Bertz CT molecular complexity index is 399. The van der Waals surface area contributed by atoms with Crippen molar-refractivity contribution < 1.29 is 19.4 Å². The van der Waals surface area contributed by atoms with Crippen LogP contribution >= 0.6 is 0 Å². The molecule has 0 bridgehead atoms. The highest BCUT2D eigenvalue weighted by Crippen LogP contribution is 2.01. The van der Waals surface area contributed by atoms with Crippen molar-refractivity contribution in [3.05, 3.63) is 30.4 Å². The largest absolute Gasteiger partial charge is 0.476 e. The number of ether oxygens (including phenoxy) is 1. The van der Waals surface area contributed by atoms with E-state index in [1.807, 2.05) is 0 Å². The Morgan fingerprint density at radius 1 is 1.69 bits per heavy atom. The highest BCUT2D eigenvalue weighted by atomic mass is 16.5. The maximum atomic E-state index is 11.0. The first-order valence-electron chi connectivity index (χ1n) is 4.42. The van der Waals surface area contributed by atoms with Crippen LogP contribution in [0.15, 0.2) is 19.0 Å². The summed E-state index contributed by atoms with van der Waals surface area (Å²) in [4.78, 5) is 27.9. The summed E-state index contributed by atoms with van der Waals surface area (Å²) in [5, 5.41) is 11.1. The van der Waals surface area contributed by atoms with Crippen molar-refractivity contribution >= 4 is 12.1 Å². The summed E-state index contributed by atoms with van der Waals surface area (Å²) >= 11 is 0. The number of nitrogens with one attached hydrogen (secondary N) is 2. The molecule has 1 amide bonds. The number of rotatable bonds is 5. The van der Waals surface area contributed by atoms with Gasteiger partial charge in [-0.25, -0.2) is 14.6 Å². The fraction of sp³-hybridized carbons (Fsp3) is 0.222. The van der Waals surface area contributed by atoms with Gasteiger partial charge < -0.3 is 20.1 Å². The Morgan fingerprint density at radius 2 is 2.44 bits per heavy atom. The van der Waals surface area contributed by atoms with Gasteiger partial charge in [-0.1, -0.05) is 12.7 Å². The molecule has 0 fully saturated rings. The maximum absolute atomic E-state index is 11.0. The average molecular weight is 225 g/mol. The van der Waals surface area contributed by atoms with Crippen LogP contribution in [0.3, 0.4) is 0 Å². The maximum Gasteiger partial charge on any atom is 0.407 e. The van der Waals surface area contributed by atoms with E-state index in [2.05, 4.69) is 26.6 Å². The molecule has 0 aliphatic carbocycles. The lowest BCUT2D eigenvalue weighted by molar-refractivity contribution is 0.0689. The second-order valence-electron chi connectivity index (χ2n) is 2.78. The lowest BCUT2D eigenvalue weighted by Crippen LogP contribution is -2.24. The minimum absolute atomic E-state index is 0.0115. The molecule has 7 nitrogen and oxygen atoms in total. The van der Waals surface area contributed by atoms with E-state index in [1.54, 1.807) is 0 Å². The monoisotopic (exact) mass is 225 g/mol. The van der Waals surface area contributed by atoms with E-state index in [-0.39, 0.29) is 18.8 Å². The molecule has 86 valence electrons. The molecule has 0 atom stereocenters. The van der Waals surface area contributed by atoms with Crippen molar-refractivity contribution in [3.8, 4) is 0 Å². The third-order valence-electron chi connectivity index (χ3n) is 1.66. The normalized spacial score (nSPS) is 9.50. The molecule has 0 unspecified atom stereocenters. The minimum Gasteiger partial charge on any atom is -0.476 e. The molecular weight excluding hydrogens is 214 g/mol. The van der Waals surface area contributed by atoms with E-state index in [4.69, 9.17) is 5.11 Å². The molecule has 0 aromatic carbocycles. The van der Waals surface area contributed by atoms with Gasteiger partial charge in [0.1, 0.15) is 6.61 Å². The fourth-order valence-corrected chi connectivity index (χ4v) is 0.986.